The molecule has 0 bridgehead atoms. The van der Waals surface area contributed by atoms with Crippen molar-refractivity contribution in [2.24, 2.45) is 11.7 Å². The average molecular weight is 373 g/mol. The summed E-state index contributed by atoms with van der Waals surface area (Å²) in [6.07, 6.45) is 1.58. The third-order valence-corrected chi connectivity index (χ3v) is 8.06. The number of hydrogen-bond donors (Lipinski definition) is 3. The molecule has 0 spiro atoms. The molecule has 1 atom stereocenters. The first-order chi connectivity index (χ1) is 11.3. The Kier molecular flexibility index (Phi) is 4.65. The Balaban J connectivity index is 2.02. The molecule has 1 fully saturated rings. The number of sulfonamides is 1. The van der Waals surface area contributed by atoms with E-state index in [1.807, 2.05) is 0 Å². The molecule has 10 heteroatoms. The molecular weight excluding hydrogens is 354 g/mol. The molecule has 3 rings (SSSR count). The Morgan fingerprint density at radius 3 is 2.79 bits per heavy atom. The summed E-state index contributed by atoms with van der Waals surface area (Å²) in [5.41, 5.74) is 5.80. The van der Waals surface area contributed by atoms with Crippen LogP contribution in [0.2, 0.25) is 0 Å². The summed E-state index contributed by atoms with van der Waals surface area (Å²) in [4.78, 5) is 23.8. The molecule has 2 aliphatic rings. The Bertz CT molecular complexity index is 787. The van der Waals surface area contributed by atoms with Crippen LogP contribution in [0.15, 0.2) is 4.21 Å². The molecule has 0 saturated carbocycles. The number of piperidine rings is 1. The van der Waals surface area contributed by atoms with Gasteiger partial charge in [0.25, 0.3) is 10.0 Å². The van der Waals surface area contributed by atoms with E-state index in [1.54, 1.807) is 0 Å². The highest BCUT2D eigenvalue weighted by Gasteiger charge is 2.38. The molecule has 132 valence electrons. The van der Waals surface area contributed by atoms with E-state index in [9.17, 15) is 23.1 Å². The molecule has 2 aliphatic heterocycles. The Labute approximate surface area is 143 Å². The molecule has 1 aromatic heterocycles. The zero-order valence-corrected chi connectivity index (χ0v) is 14.6. The zero-order valence-electron chi connectivity index (χ0n) is 12.9. The summed E-state index contributed by atoms with van der Waals surface area (Å²) < 4.78 is 27.1. The molecule has 1 aromatic rings. The minimum atomic E-state index is -3.96. The zero-order chi connectivity index (χ0) is 17.5. The number of nitrogens with one attached hydrogen (secondary N) is 1. The van der Waals surface area contributed by atoms with Crippen molar-refractivity contribution in [1.82, 2.24) is 9.62 Å². The minimum Gasteiger partial charge on any atom is -0.478 e. The molecule has 3 heterocycles. The van der Waals surface area contributed by atoms with E-state index >= 15 is 0 Å². The number of nitrogens with zero attached hydrogens (tertiary/aromatic N) is 1. The molecule has 1 saturated heterocycles. The molecule has 0 aromatic carbocycles. The quantitative estimate of drug-likeness (QED) is 0.680. The van der Waals surface area contributed by atoms with E-state index in [0.717, 1.165) is 16.2 Å². The number of thiophene rings is 1. The van der Waals surface area contributed by atoms with Crippen molar-refractivity contribution in [3.05, 3.63) is 16.0 Å². The van der Waals surface area contributed by atoms with Crippen molar-refractivity contribution in [2.45, 2.75) is 30.0 Å². The number of rotatable bonds is 4. The SMILES string of the molecule is NC(=O)[C@@H]1CCCN(S(=O)(=O)c2sc3c(c2C(=O)O)CCNC3)C1. The van der Waals surface area contributed by atoms with Crippen molar-refractivity contribution >= 4 is 33.2 Å². The molecule has 0 radical (unpaired) electrons. The van der Waals surface area contributed by atoms with Gasteiger partial charge in [-0.3, -0.25) is 4.79 Å². The third-order valence-electron chi connectivity index (χ3n) is 4.47. The maximum atomic E-state index is 13.0. The van der Waals surface area contributed by atoms with Crippen molar-refractivity contribution in [1.29, 1.82) is 0 Å². The van der Waals surface area contributed by atoms with Gasteiger partial charge in [0.05, 0.1) is 11.5 Å². The normalized spacial score (nSPS) is 22.1. The molecule has 8 nitrogen and oxygen atoms in total. The third kappa shape index (κ3) is 2.94. The number of fused-ring (bicyclic) bond motifs is 1. The van der Waals surface area contributed by atoms with Gasteiger partial charge in [-0.15, -0.1) is 11.3 Å². The van der Waals surface area contributed by atoms with Gasteiger partial charge in [0.1, 0.15) is 4.21 Å². The van der Waals surface area contributed by atoms with E-state index in [4.69, 9.17) is 5.73 Å². The van der Waals surface area contributed by atoms with Crippen molar-refractivity contribution in [3.8, 4) is 0 Å². The van der Waals surface area contributed by atoms with Crippen molar-refractivity contribution in [3.63, 3.8) is 0 Å². The Morgan fingerprint density at radius 2 is 2.12 bits per heavy atom. The van der Waals surface area contributed by atoms with Crippen LogP contribution < -0.4 is 11.1 Å². The van der Waals surface area contributed by atoms with Crippen LogP contribution >= 0.6 is 11.3 Å². The lowest BCUT2D eigenvalue weighted by Crippen LogP contribution is -2.44. The first kappa shape index (κ1) is 17.3. The second-order valence-corrected chi connectivity index (χ2v) is 9.24. The van der Waals surface area contributed by atoms with Crippen LogP contribution in [0.4, 0.5) is 0 Å². The lowest BCUT2D eigenvalue weighted by atomic mass is 9.99. The summed E-state index contributed by atoms with van der Waals surface area (Å²) >= 11 is 1.01. The van der Waals surface area contributed by atoms with E-state index in [0.29, 0.717) is 37.9 Å². The molecule has 0 unspecified atom stereocenters. The monoisotopic (exact) mass is 373 g/mol. The van der Waals surface area contributed by atoms with Gasteiger partial charge in [-0.2, -0.15) is 4.31 Å². The highest BCUT2D eigenvalue weighted by Crippen LogP contribution is 2.37. The second-order valence-electron chi connectivity index (χ2n) is 6.00. The lowest BCUT2D eigenvalue weighted by Gasteiger charge is -2.30. The van der Waals surface area contributed by atoms with Crippen LogP contribution in [0.3, 0.4) is 0 Å². The van der Waals surface area contributed by atoms with Crippen LogP contribution in [0.5, 0.6) is 0 Å². The van der Waals surface area contributed by atoms with Gasteiger partial charge < -0.3 is 16.2 Å². The van der Waals surface area contributed by atoms with Gasteiger partial charge >= 0.3 is 5.97 Å². The molecule has 24 heavy (non-hydrogen) atoms. The number of carboxylic acid groups (broad SMARTS) is 1. The number of amides is 1. The number of carboxylic acids is 1. The number of carbonyl (C=O) groups is 2. The number of hydrogen-bond acceptors (Lipinski definition) is 6. The molecule has 0 aliphatic carbocycles. The maximum absolute atomic E-state index is 13.0. The van der Waals surface area contributed by atoms with Crippen LogP contribution in [0, 0.1) is 5.92 Å². The highest BCUT2D eigenvalue weighted by atomic mass is 32.2. The first-order valence-corrected chi connectivity index (χ1v) is 9.96. The van der Waals surface area contributed by atoms with E-state index < -0.39 is 27.8 Å². The second kappa shape index (κ2) is 6.43. The Hall–Kier alpha value is -1.49. The standard InChI is InChI=1S/C14H19N3O5S2/c15-12(18)8-2-1-5-17(7-8)24(21,22)14-11(13(19)20)9-3-4-16-6-10(9)23-14/h8,16H,1-7H2,(H2,15,18)(H,19,20)/t8-/m1/s1. The summed E-state index contributed by atoms with van der Waals surface area (Å²) in [6.45, 7) is 1.38. The van der Waals surface area contributed by atoms with Crippen LogP contribution in [0.25, 0.3) is 0 Å². The van der Waals surface area contributed by atoms with Gasteiger partial charge in [0, 0.05) is 24.5 Å². The fraction of sp³-hybridized carbons (Fsp3) is 0.571. The number of aromatic carboxylic acids is 1. The summed E-state index contributed by atoms with van der Waals surface area (Å²) in [5.74, 6) is -2.28. The van der Waals surface area contributed by atoms with Crippen LogP contribution in [-0.4, -0.2) is 49.3 Å². The summed E-state index contributed by atoms with van der Waals surface area (Å²) in [5, 5.41) is 12.7. The van der Waals surface area contributed by atoms with E-state index in [1.165, 1.54) is 4.31 Å². The summed E-state index contributed by atoms with van der Waals surface area (Å²) in [6, 6.07) is 0. The maximum Gasteiger partial charge on any atom is 0.338 e. The molecule has 1 amide bonds. The first-order valence-electron chi connectivity index (χ1n) is 7.70. The highest BCUT2D eigenvalue weighted by molar-refractivity contribution is 7.91. The largest absolute Gasteiger partial charge is 0.478 e. The number of primary amides is 1. The number of carbonyl (C=O) groups excluding carboxylic acids is 1. The number of nitrogens with two attached hydrogens (primary N) is 1. The van der Waals surface area contributed by atoms with Crippen LogP contribution in [0.1, 0.15) is 33.6 Å². The van der Waals surface area contributed by atoms with Crippen molar-refractivity contribution < 1.29 is 23.1 Å². The van der Waals surface area contributed by atoms with Crippen molar-refractivity contribution in [2.75, 3.05) is 19.6 Å². The van der Waals surface area contributed by atoms with Gasteiger partial charge in [0.15, 0.2) is 0 Å². The minimum absolute atomic E-state index is 0.0115. The van der Waals surface area contributed by atoms with Gasteiger partial charge in [0.2, 0.25) is 5.91 Å². The Morgan fingerprint density at radius 1 is 1.38 bits per heavy atom. The van der Waals surface area contributed by atoms with Gasteiger partial charge in [-0.25, -0.2) is 13.2 Å². The lowest BCUT2D eigenvalue weighted by molar-refractivity contribution is -0.122. The fourth-order valence-electron chi connectivity index (χ4n) is 3.22. The van der Waals surface area contributed by atoms with Gasteiger partial charge in [-0.1, -0.05) is 0 Å². The van der Waals surface area contributed by atoms with Crippen LogP contribution in [-0.2, 0) is 27.8 Å². The van der Waals surface area contributed by atoms with E-state index in [-0.39, 0.29) is 22.9 Å². The van der Waals surface area contributed by atoms with E-state index in [2.05, 4.69) is 5.32 Å². The van der Waals surface area contributed by atoms with Gasteiger partial charge in [-0.05, 0) is 31.4 Å². The topological polar surface area (TPSA) is 130 Å². The smallest absolute Gasteiger partial charge is 0.338 e. The predicted octanol–water partition coefficient (Wildman–Crippen LogP) is -0.0220. The average Bonchev–Trinajstić information content (AvgIpc) is 2.95. The molecule has 4 N–H and O–H groups in total. The molecular formula is C14H19N3O5S2. The summed E-state index contributed by atoms with van der Waals surface area (Å²) in [7, 11) is -3.96. The predicted molar refractivity (Wildman–Crippen MR) is 87.4 cm³/mol. The fourth-order valence-corrected chi connectivity index (χ4v) is 6.74.